The summed E-state index contributed by atoms with van der Waals surface area (Å²) in [7, 11) is -8.22. The quantitative estimate of drug-likeness (QED) is 0.440. The molecule has 0 bridgehead atoms. The van der Waals surface area contributed by atoms with Crippen LogP contribution in [0.15, 0.2) is 64.9 Å². The molecule has 37 heavy (non-hydrogen) atoms. The molecule has 2 aliphatic heterocycles. The Kier molecular flexibility index (Phi) is 6.71. The number of benzene rings is 2. The summed E-state index contributed by atoms with van der Waals surface area (Å²) in [6.45, 7) is -0.447. The van der Waals surface area contributed by atoms with Crippen molar-refractivity contribution in [3.63, 3.8) is 0 Å². The summed E-state index contributed by atoms with van der Waals surface area (Å²) in [5, 5.41) is 0.303. The number of ether oxygens (including phenoxy) is 2. The number of aromatic nitrogens is 2. The van der Waals surface area contributed by atoms with Crippen LogP contribution in [0.4, 0.5) is 8.78 Å². The number of sulfone groups is 2. The largest absolute Gasteiger partial charge is 0.490 e. The van der Waals surface area contributed by atoms with Crippen LogP contribution in [0, 0.1) is 17.6 Å². The van der Waals surface area contributed by atoms with Crippen molar-refractivity contribution in [1.29, 1.82) is 0 Å². The van der Waals surface area contributed by atoms with E-state index in [9.17, 15) is 21.2 Å². The molecule has 3 atom stereocenters. The predicted molar refractivity (Wildman–Crippen MR) is 129 cm³/mol. The van der Waals surface area contributed by atoms with Crippen LogP contribution in [0.1, 0.15) is 18.4 Å². The Balaban J connectivity index is 1.62. The standard InChI is InChI=1S/C24H21ClF2N2O6S2/c25-15-1-3-16(4-2-15)37(32,33)24-8-9-34-21(7-10-36(30,31)17-11-28-14-29-12-17)18(24)13-35-23-20(27)6-5-19(26)22(23)24/h1-6,11-12,14,18,21H,7-10,13H2/t18-,21-,24-/m0/s1. The fraction of sp³-hybridized carbons (Fsp3) is 0.333. The first-order chi connectivity index (χ1) is 17.6. The molecule has 0 spiro atoms. The molecule has 1 saturated heterocycles. The molecule has 5 rings (SSSR count). The van der Waals surface area contributed by atoms with Crippen molar-refractivity contribution >= 4 is 31.3 Å². The Hall–Kier alpha value is -2.67. The van der Waals surface area contributed by atoms with Gasteiger partial charge in [0.2, 0.25) is 0 Å². The summed E-state index contributed by atoms with van der Waals surface area (Å²) in [5.41, 5.74) is -0.411. The molecule has 0 N–H and O–H groups in total. The summed E-state index contributed by atoms with van der Waals surface area (Å²) < 4.78 is 93.9. The van der Waals surface area contributed by atoms with Crippen molar-refractivity contribution < 1.29 is 35.1 Å². The van der Waals surface area contributed by atoms with Crippen molar-refractivity contribution in [3.8, 4) is 5.75 Å². The van der Waals surface area contributed by atoms with Gasteiger partial charge in [-0.3, -0.25) is 0 Å². The molecule has 0 unspecified atom stereocenters. The zero-order valence-corrected chi connectivity index (χ0v) is 21.6. The Bertz CT molecular complexity index is 1540. The average molecular weight is 571 g/mol. The molecular formula is C24H21ClF2N2O6S2. The molecule has 3 heterocycles. The van der Waals surface area contributed by atoms with Gasteiger partial charge in [-0.05, 0) is 49.2 Å². The monoisotopic (exact) mass is 570 g/mol. The normalized spacial score (nSPS) is 23.5. The summed E-state index contributed by atoms with van der Waals surface area (Å²) in [4.78, 5) is 7.24. The molecule has 0 amide bonds. The van der Waals surface area contributed by atoms with E-state index in [0.29, 0.717) is 5.02 Å². The number of halogens is 3. The van der Waals surface area contributed by atoms with Gasteiger partial charge < -0.3 is 9.47 Å². The van der Waals surface area contributed by atoms with Gasteiger partial charge in [-0.1, -0.05) is 11.6 Å². The second-order valence-corrected chi connectivity index (χ2v) is 13.6. The molecule has 0 aliphatic carbocycles. The van der Waals surface area contributed by atoms with Crippen LogP contribution in [-0.2, 0) is 29.2 Å². The Morgan fingerprint density at radius 3 is 2.35 bits per heavy atom. The van der Waals surface area contributed by atoms with Gasteiger partial charge in [-0.2, -0.15) is 0 Å². The maximum absolute atomic E-state index is 15.4. The van der Waals surface area contributed by atoms with Gasteiger partial charge in [0.25, 0.3) is 0 Å². The molecule has 196 valence electrons. The highest BCUT2D eigenvalue weighted by Gasteiger charge is 2.61. The molecule has 0 radical (unpaired) electrons. The van der Waals surface area contributed by atoms with Crippen LogP contribution in [0.25, 0.3) is 0 Å². The van der Waals surface area contributed by atoms with Gasteiger partial charge in [0.1, 0.15) is 21.8 Å². The van der Waals surface area contributed by atoms with E-state index in [0.717, 1.165) is 24.5 Å². The van der Waals surface area contributed by atoms with Crippen LogP contribution in [0.3, 0.4) is 0 Å². The number of hydrogen-bond acceptors (Lipinski definition) is 8. The number of fused-ring (bicyclic) bond motifs is 3. The third kappa shape index (κ3) is 4.29. The first-order valence-electron chi connectivity index (χ1n) is 11.3. The summed E-state index contributed by atoms with van der Waals surface area (Å²) >= 11 is 5.96. The third-order valence-electron chi connectivity index (χ3n) is 6.91. The van der Waals surface area contributed by atoms with Gasteiger partial charge >= 0.3 is 0 Å². The maximum atomic E-state index is 15.4. The lowest BCUT2D eigenvalue weighted by Gasteiger charge is -2.50. The second-order valence-electron chi connectivity index (χ2n) is 8.84. The van der Waals surface area contributed by atoms with E-state index in [1.165, 1.54) is 30.6 Å². The Morgan fingerprint density at radius 1 is 0.973 bits per heavy atom. The van der Waals surface area contributed by atoms with Crippen molar-refractivity contribution in [2.24, 2.45) is 5.92 Å². The van der Waals surface area contributed by atoms with Gasteiger partial charge in [-0.25, -0.2) is 35.6 Å². The van der Waals surface area contributed by atoms with Gasteiger partial charge in [0, 0.05) is 29.9 Å². The maximum Gasteiger partial charge on any atom is 0.189 e. The third-order valence-corrected chi connectivity index (χ3v) is 11.4. The lowest BCUT2D eigenvalue weighted by molar-refractivity contribution is -0.0732. The highest BCUT2D eigenvalue weighted by Crippen LogP contribution is 2.56. The summed E-state index contributed by atoms with van der Waals surface area (Å²) in [5.74, 6) is -3.74. The SMILES string of the molecule is O=S(=O)(CC[C@@H]1OCC[C@@]2(S(=O)(=O)c3ccc(Cl)cc3)c3c(F)ccc(F)c3OC[C@@H]12)c1cncnc1. The fourth-order valence-corrected chi connectivity index (χ4v) is 8.86. The fourth-order valence-electron chi connectivity index (χ4n) is 5.17. The first-order valence-corrected chi connectivity index (χ1v) is 14.8. The Labute approximate surface area is 217 Å². The number of hydrogen-bond donors (Lipinski definition) is 0. The van der Waals surface area contributed by atoms with Crippen molar-refractivity contribution in [3.05, 3.63) is 77.3 Å². The van der Waals surface area contributed by atoms with Crippen LogP contribution < -0.4 is 4.74 Å². The van der Waals surface area contributed by atoms with Crippen LogP contribution >= 0.6 is 11.6 Å². The van der Waals surface area contributed by atoms with E-state index in [4.69, 9.17) is 21.1 Å². The average Bonchev–Trinajstić information content (AvgIpc) is 2.89. The minimum absolute atomic E-state index is 0.0933. The molecule has 3 aromatic rings. The van der Waals surface area contributed by atoms with E-state index in [-0.39, 0.29) is 35.8 Å². The van der Waals surface area contributed by atoms with E-state index >= 15 is 4.39 Å². The van der Waals surface area contributed by atoms with E-state index in [1.807, 2.05) is 0 Å². The van der Waals surface area contributed by atoms with Gasteiger partial charge in [0.05, 0.1) is 28.9 Å². The van der Waals surface area contributed by atoms with Crippen molar-refractivity contribution in [2.45, 2.75) is 33.5 Å². The molecule has 1 fully saturated rings. The molecule has 2 aliphatic rings. The molecule has 0 saturated carbocycles. The predicted octanol–water partition coefficient (Wildman–Crippen LogP) is 3.74. The molecular weight excluding hydrogens is 550 g/mol. The lowest BCUT2D eigenvalue weighted by atomic mass is 9.75. The van der Waals surface area contributed by atoms with Crippen LogP contribution in [0.5, 0.6) is 5.75 Å². The first kappa shape index (κ1) is 26.0. The van der Waals surface area contributed by atoms with Gasteiger partial charge in [0.15, 0.2) is 31.2 Å². The van der Waals surface area contributed by atoms with Crippen molar-refractivity contribution in [2.75, 3.05) is 19.0 Å². The molecule has 1 aromatic heterocycles. The lowest BCUT2D eigenvalue weighted by Crippen LogP contribution is -2.57. The Morgan fingerprint density at radius 2 is 1.65 bits per heavy atom. The highest BCUT2D eigenvalue weighted by molar-refractivity contribution is 7.92. The number of rotatable bonds is 6. The van der Waals surface area contributed by atoms with Crippen molar-refractivity contribution in [1.82, 2.24) is 9.97 Å². The van der Waals surface area contributed by atoms with E-state index in [2.05, 4.69) is 9.97 Å². The van der Waals surface area contributed by atoms with Crippen LogP contribution in [0.2, 0.25) is 5.02 Å². The topological polar surface area (TPSA) is 113 Å². The zero-order chi connectivity index (χ0) is 26.4. The second kappa shape index (κ2) is 9.57. The molecule has 2 aromatic carbocycles. The number of nitrogens with zero attached hydrogens (tertiary/aromatic N) is 2. The molecule has 8 nitrogen and oxygen atoms in total. The molecule has 13 heteroatoms. The van der Waals surface area contributed by atoms with E-state index < -0.39 is 65.1 Å². The van der Waals surface area contributed by atoms with Gasteiger partial charge in [-0.15, -0.1) is 0 Å². The minimum Gasteiger partial charge on any atom is -0.490 e. The van der Waals surface area contributed by atoms with E-state index in [1.54, 1.807) is 0 Å². The highest BCUT2D eigenvalue weighted by atomic mass is 35.5. The smallest absolute Gasteiger partial charge is 0.189 e. The zero-order valence-electron chi connectivity index (χ0n) is 19.2. The summed E-state index contributed by atoms with van der Waals surface area (Å²) in [6, 6.07) is 7.15. The summed E-state index contributed by atoms with van der Waals surface area (Å²) in [6.07, 6.45) is 2.27. The van der Waals surface area contributed by atoms with Crippen LogP contribution in [-0.4, -0.2) is 51.9 Å². The minimum atomic E-state index is -4.39.